The minimum atomic E-state index is 0.285. The first kappa shape index (κ1) is 18.3. The summed E-state index contributed by atoms with van der Waals surface area (Å²) in [4.78, 5) is 2.07. The second-order valence-corrected chi connectivity index (χ2v) is 7.74. The maximum atomic E-state index is 10.6. The van der Waals surface area contributed by atoms with Crippen LogP contribution in [0.4, 0.5) is 5.69 Å². The summed E-state index contributed by atoms with van der Waals surface area (Å²) in [5, 5.41) is 10.6. The van der Waals surface area contributed by atoms with Crippen LogP contribution in [0.3, 0.4) is 0 Å². The summed E-state index contributed by atoms with van der Waals surface area (Å²) in [5.41, 5.74) is 11.2. The van der Waals surface area contributed by atoms with Crippen molar-refractivity contribution in [3.63, 3.8) is 0 Å². The van der Waals surface area contributed by atoms with E-state index in [1.165, 1.54) is 33.4 Å². The lowest BCUT2D eigenvalue weighted by molar-refractivity contribution is 0.477. The molecule has 2 heteroatoms. The monoisotopic (exact) mass is 347 g/mol. The lowest BCUT2D eigenvalue weighted by Crippen LogP contribution is -2.08. The Hall–Kier alpha value is -2.48. The molecule has 0 aliphatic heterocycles. The summed E-state index contributed by atoms with van der Waals surface area (Å²) in [7, 11) is 4.05. The summed E-state index contributed by atoms with van der Waals surface area (Å²) in [6.45, 7) is 11.0. The molecule has 2 aromatic carbocycles. The van der Waals surface area contributed by atoms with Crippen LogP contribution in [0.25, 0.3) is 11.1 Å². The molecule has 136 valence electrons. The molecule has 26 heavy (non-hydrogen) atoms. The van der Waals surface area contributed by atoms with Gasteiger partial charge in [-0.1, -0.05) is 34.9 Å². The fraction of sp³-hybridized carbons (Fsp3) is 0.333. The van der Waals surface area contributed by atoms with Crippen molar-refractivity contribution >= 4 is 5.69 Å². The Morgan fingerprint density at radius 2 is 1.38 bits per heavy atom. The molecule has 0 saturated carbocycles. The Balaban J connectivity index is 2.26. The predicted molar refractivity (Wildman–Crippen MR) is 112 cm³/mol. The molecule has 0 amide bonds. The van der Waals surface area contributed by atoms with E-state index < -0.39 is 0 Å². The van der Waals surface area contributed by atoms with E-state index in [0.717, 1.165) is 16.8 Å². The maximum absolute atomic E-state index is 10.6. The fourth-order valence-electron chi connectivity index (χ4n) is 4.00. The van der Waals surface area contributed by atoms with E-state index in [1.54, 1.807) is 6.07 Å². The van der Waals surface area contributed by atoms with E-state index in [-0.39, 0.29) is 5.92 Å². The summed E-state index contributed by atoms with van der Waals surface area (Å²) in [6, 6.07) is 12.4. The first-order chi connectivity index (χ1) is 12.2. The molecule has 0 atom stereocenters. The average Bonchev–Trinajstić information content (AvgIpc) is 2.79. The summed E-state index contributed by atoms with van der Waals surface area (Å²) in [5.74, 6) is 0.614. The van der Waals surface area contributed by atoms with Gasteiger partial charge in [-0.05, 0) is 75.1 Å². The van der Waals surface area contributed by atoms with Crippen LogP contribution in [-0.2, 0) is 0 Å². The van der Waals surface area contributed by atoms with E-state index in [0.29, 0.717) is 5.75 Å². The van der Waals surface area contributed by atoms with E-state index >= 15 is 0 Å². The number of nitrogens with zero attached hydrogens (tertiary/aromatic N) is 1. The van der Waals surface area contributed by atoms with Crippen LogP contribution in [0, 0.1) is 6.92 Å². The minimum absolute atomic E-state index is 0.285. The van der Waals surface area contributed by atoms with Crippen LogP contribution in [0.15, 0.2) is 58.7 Å². The van der Waals surface area contributed by atoms with Crippen LogP contribution < -0.4 is 4.90 Å². The van der Waals surface area contributed by atoms with Gasteiger partial charge < -0.3 is 10.0 Å². The third-order valence-corrected chi connectivity index (χ3v) is 5.92. The average molecular weight is 348 g/mol. The van der Waals surface area contributed by atoms with Gasteiger partial charge in [-0.3, -0.25) is 0 Å². The van der Waals surface area contributed by atoms with E-state index in [1.807, 2.05) is 20.2 Å². The largest absolute Gasteiger partial charge is 0.507 e. The zero-order valence-electron chi connectivity index (χ0n) is 16.9. The maximum Gasteiger partial charge on any atom is 0.123 e. The van der Waals surface area contributed by atoms with Gasteiger partial charge >= 0.3 is 0 Å². The number of allylic oxidation sites excluding steroid dienone is 4. The standard InChI is InChI=1S/C24H29NO/c1-14-8-10-20(21-13-19(25(6)7)9-11-23(21)26)22(12-14)24-17(4)15(2)16(3)18(24)5/h8-13,24,26H,1-7H3. The summed E-state index contributed by atoms with van der Waals surface area (Å²) in [6.07, 6.45) is 0. The Bertz CT molecular complexity index is 907. The first-order valence-corrected chi connectivity index (χ1v) is 9.18. The molecule has 1 aliphatic rings. The highest BCUT2D eigenvalue weighted by Crippen LogP contribution is 2.47. The first-order valence-electron chi connectivity index (χ1n) is 9.18. The minimum Gasteiger partial charge on any atom is -0.507 e. The quantitative estimate of drug-likeness (QED) is 0.714. The number of hydrogen-bond acceptors (Lipinski definition) is 2. The number of aryl methyl sites for hydroxylation is 1. The molecule has 0 unspecified atom stereocenters. The van der Waals surface area contributed by atoms with E-state index in [9.17, 15) is 5.11 Å². The van der Waals surface area contributed by atoms with Gasteiger partial charge in [-0.25, -0.2) is 0 Å². The third kappa shape index (κ3) is 2.94. The molecule has 0 aromatic heterocycles. The van der Waals surface area contributed by atoms with Crippen molar-refractivity contribution in [2.75, 3.05) is 19.0 Å². The molecule has 0 saturated heterocycles. The molecular weight excluding hydrogens is 318 g/mol. The van der Waals surface area contributed by atoms with Gasteiger partial charge in [0.05, 0.1) is 0 Å². The second-order valence-electron chi connectivity index (χ2n) is 7.74. The highest BCUT2D eigenvalue weighted by molar-refractivity contribution is 5.79. The van der Waals surface area contributed by atoms with E-state index in [4.69, 9.17) is 0 Å². The van der Waals surface area contributed by atoms with Crippen LogP contribution in [0.5, 0.6) is 5.75 Å². The van der Waals surface area contributed by atoms with Crippen molar-refractivity contribution in [2.45, 2.75) is 40.5 Å². The normalized spacial score (nSPS) is 15.2. The van der Waals surface area contributed by atoms with Gasteiger partial charge in [0.1, 0.15) is 5.75 Å². The second kappa shape index (κ2) is 6.68. The summed E-state index contributed by atoms with van der Waals surface area (Å²) >= 11 is 0. The molecule has 1 N–H and O–H groups in total. The number of aromatic hydroxyl groups is 1. The van der Waals surface area contributed by atoms with Crippen molar-refractivity contribution < 1.29 is 5.11 Å². The summed E-state index contributed by atoms with van der Waals surface area (Å²) < 4.78 is 0. The number of phenolic OH excluding ortho intramolecular Hbond substituents is 1. The molecule has 0 fully saturated rings. The highest BCUT2D eigenvalue weighted by Gasteiger charge is 2.28. The zero-order chi connectivity index (χ0) is 19.2. The van der Waals surface area contributed by atoms with Crippen molar-refractivity contribution in [3.8, 4) is 16.9 Å². The molecular formula is C24H29NO. The lowest BCUT2D eigenvalue weighted by atomic mass is 9.83. The van der Waals surface area contributed by atoms with Crippen molar-refractivity contribution in [3.05, 3.63) is 69.8 Å². The molecule has 0 bridgehead atoms. The van der Waals surface area contributed by atoms with Crippen molar-refractivity contribution in [2.24, 2.45) is 0 Å². The van der Waals surface area contributed by atoms with Gasteiger partial charge in [0.25, 0.3) is 0 Å². The topological polar surface area (TPSA) is 23.5 Å². The Kier molecular flexibility index (Phi) is 4.70. The van der Waals surface area contributed by atoms with Crippen molar-refractivity contribution in [1.29, 1.82) is 0 Å². The molecule has 0 heterocycles. The van der Waals surface area contributed by atoms with Gasteiger partial charge in [-0.15, -0.1) is 0 Å². The molecule has 0 spiro atoms. The molecule has 1 aliphatic carbocycles. The number of hydrogen-bond donors (Lipinski definition) is 1. The van der Waals surface area contributed by atoms with Gasteiger partial charge in [-0.2, -0.15) is 0 Å². The fourth-order valence-corrected chi connectivity index (χ4v) is 4.00. The number of anilines is 1. The Morgan fingerprint density at radius 3 is 1.96 bits per heavy atom. The van der Waals surface area contributed by atoms with Crippen LogP contribution in [-0.4, -0.2) is 19.2 Å². The van der Waals surface area contributed by atoms with Gasteiger partial charge in [0, 0.05) is 31.3 Å². The molecule has 2 aromatic rings. The lowest BCUT2D eigenvalue weighted by Gasteiger charge is -2.22. The molecule has 0 radical (unpaired) electrons. The molecule has 2 nitrogen and oxygen atoms in total. The highest BCUT2D eigenvalue weighted by atomic mass is 16.3. The van der Waals surface area contributed by atoms with Gasteiger partial charge in [0.2, 0.25) is 0 Å². The van der Waals surface area contributed by atoms with Crippen LogP contribution in [0.2, 0.25) is 0 Å². The van der Waals surface area contributed by atoms with E-state index in [2.05, 4.69) is 63.8 Å². The van der Waals surface area contributed by atoms with Gasteiger partial charge in [0.15, 0.2) is 0 Å². The molecule has 3 rings (SSSR count). The Morgan fingerprint density at radius 1 is 0.769 bits per heavy atom. The number of phenols is 1. The Labute approximate surface area is 157 Å². The van der Waals surface area contributed by atoms with Crippen LogP contribution >= 0.6 is 0 Å². The zero-order valence-corrected chi connectivity index (χ0v) is 16.9. The van der Waals surface area contributed by atoms with Crippen LogP contribution in [0.1, 0.15) is 44.7 Å². The third-order valence-electron chi connectivity index (χ3n) is 5.92. The predicted octanol–water partition coefficient (Wildman–Crippen LogP) is 6.20. The smallest absolute Gasteiger partial charge is 0.123 e. The number of rotatable bonds is 3. The van der Waals surface area contributed by atoms with Crippen molar-refractivity contribution in [1.82, 2.24) is 0 Å². The SMILES string of the molecule is CC1=C(C)C(c2cc(C)ccc2-c2cc(N(C)C)ccc2O)C(C)=C1C. The number of benzene rings is 2.